The highest BCUT2D eigenvalue weighted by Crippen LogP contribution is 2.23. The molecule has 0 saturated carbocycles. The van der Waals surface area contributed by atoms with Gasteiger partial charge in [0.2, 0.25) is 11.8 Å². The van der Waals surface area contributed by atoms with Crippen LogP contribution in [0.25, 0.3) is 11.5 Å². The van der Waals surface area contributed by atoms with Crippen molar-refractivity contribution in [3.8, 4) is 23.0 Å². The minimum atomic E-state index is -0.303. The van der Waals surface area contributed by atoms with Crippen molar-refractivity contribution in [1.82, 2.24) is 15.1 Å². The molecule has 1 heterocycles. The topological polar surface area (TPSA) is 60.6 Å². The molecule has 2 aromatic carbocycles. The van der Waals surface area contributed by atoms with Gasteiger partial charge in [-0.1, -0.05) is 6.07 Å². The first-order valence-electron chi connectivity index (χ1n) is 10.3. The van der Waals surface area contributed by atoms with Gasteiger partial charge < -0.3 is 18.8 Å². The lowest BCUT2D eigenvalue weighted by Crippen LogP contribution is -2.13. The Morgan fingerprint density at radius 2 is 1.77 bits per heavy atom. The van der Waals surface area contributed by atoms with Gasteiger partial charge in [-0.3, -0.25) is 0 Å². The Balaban J connectivity index is 1.36. The van der Waals surface area contributed by atoms with E-state index in [2.05, 4.69) is 29.2 Å². The highest BCUT2D eigenvalue weighted by Gasteiger charge is 2.09. The maximum Gasteiger partial charge on any atom is 0.247 e. The van der Waals surface area contributed by atoms with Crippen molar-refractivity contribution in [3.05, 3.63) is 60.2 Å². The summed E-state index contributed by atoms with van der Waals surface area (Å²) in [5, 5.41) is 8.23. The molecule has 0 aliphatic rings. The third kappa shape index (κ3) is 8.22. The standard InChI is InChI=1S/C23H28FN3O3S/c1-27(2)12-3-4-13-28-20-10-8-18(9-11-20)23-26-25-22(30-23)17-31-15-14-29-21-7-5-6-19(24)16-21/h5-11,16H,3-4,12-15,17H2,1-2H3. The van der Waals surface area contributed by atoms with Crippen LogP contribution < -0.4 is 9.47 Å². The van der Waals surface area contributed by atoms with Crippen molar-refractivity contribution in [2.45, 2.75) is 18.6 Å². The predicted molar refractivity (Wildman–Crippen MR) is 121 cm³/mol. The molecule has 0 atom stereocenters. The lowest BCUT2D eigenvalue weighted by molar-refractivity contribution is 0.293. The molecular formula is C23H28FN3O3S. The van der Waals surface area contributed by atoms with Crippen LogP contribution in [0, 0.1) is 5.82 Å². The lowest BCUT2D eigenvalue weighted by atomic mass is 10.2. The van der Waals surface area contributed by atoms with Crippen LogP contribution in [0.2, 0.25) is 0 Å². The second kappa shape index (κ2) is 12.3. The summed E-state index contributed by atoms with van der Waals surface area (Å²) < 4.78 is 30.2. The summed E-state index contributed by atoms with van der Waals surface area (Å²) in [6, 6.07) is 13.8. The van der Waals surface area contributed by atoms with Gasteiger partial charge in [0.05, 0.1) is 19.0 Å². The first-order valence-corrected chi connectivity index (χ1v) is 11.4. The second-order valence-corrected chi connectivity index (χ2v) is 8.35. The summed E-state index contributed by atoms with van der Waals surface area (Å²) in [5.41, 5.74) is 0.859. The van der Waals surface area contributed by atoms with Gasteiger partial charge in [-0.05, 0) is 69.9 Å². The molecule has 166 valence electrons. The third-order valence-electron chi connectivity index (χ3n) is 4.35. The van der Waals surface area contributed by atoms with Crippen LogP contribution in [0.4, 0.5) is 4.39 Å². The van der Waals surface area contributed by atoms with E-state index in [0.29, 0.717) is 36.5 Å². The van der Waals surface area contributed by atoms with Gasteiger partial charge in [0.25, 0.3) is 0 Å². The van der Waals surface area contributed by atoms with E-state index in [0.717, 1.165) is 36.5 Å². The van der Waals surface area contributed by atoms with Crippen LogP contribution in [0.1, 0.15) is 18.7 Å². The number of rotatable bonds is 13. The van der Waals surface area contributed by atoms with Crippen molar-refractivity contribution >= 4 is 11.8 Å². The molecule has 0 N–H and O–H groups in total. The van der Waals surface area contributed by atoms with Crippen LogP contribution in [0.3, 0.4) is 0 Å². The van der Waals surface area contributed by atoms with Gasteiger partial charge in [0.1, 0.15) is 17.3 Å². The summed E-state index contributed by atoms with van der Waals surface area (Å²) in [4.78, 5) is 2.17. The molecule has 3 aromatic rings. The molecule has 0 bridgehead atoms. The van der Waals surface area contributed by atoms with E-state index in [-0.39, 0.29) is 5.82 Å². The van der Waals surface area contributed by atoms with Gasteiger partial charge in [-0.2, -0.15) is 0 Å². The van der Waals surface area contributed by atoms with Crippen LogP contribution in [0.5, 0.6) is 11.5 Å². The Hall–Kier alpha value is -2.58. The van der Waals surface area contributed by atoms with Gasteiger partial charge in [-0.25, -0.2) is 4.39 Å². The fraction of sp³-hybridized carbons (Fsp3) is 0.391. The van der Waals surface area contributed by atoms with Crippen LogP contribution in [-0.4, -0.2) is 54.7 Å². The number of hydrogen-bond acceptors (Lipinski definition) is 7. The minimum absolute atomic E-state index is 0.303. The van der Waals surface area contributed by atoms with Gasteiger partial charge in [0, 0.05) is 17.4 Å². The van der Waals surface area contributed by atoms with E-state index in [1.807, 2.05) is 24.3 Å². The molecule has 0 spiro atoms. The number of halogens is 1. The molecule has 6 nitrogen and oxygen atoms in total. The number of nitrogens with zero attached hydrogens (tertiary/aromatic N) is 3. The molecule has 31 heavy (non-hydrogen) atoms. The minimum Gasteiger partial charge on any atom is -0.494 e. The maximum absolute atomic E-state index is 13.1. The van der Waals surface area contributed by atoms with E-state index < -0.39 is 0 Å². The van der Waals surface area contributed by atoms with Crippen LogP contribution >= 0.6 is 11.8 Å². The number of ether oxygens (including phenoxy) is 2. The Morgan fingerprint density at radius 1 is 0.968 bits per heavy atom. The van der Waals surface area contributed by atoms with E-state index >= 15 is 0 Å². The highest BCUT2D eigenvalue weighted by molar-refractivity contribution is 7.98. The van der Waals surface area contributed by atoms with E-state index in [1.165, 1.54) is 12.1 Å². The van der Waals surface area contributed by atoms with Gasteiger partial charge in [0.15, 0.2) is 0 Å². The summed E-state index contributed by atoms with van der Waals surface area (Å²) in [7, 11) is 4.15. The first kappa shape index (κ1) is 23.1. The summed E-state index contributed by atoms with van der Waals surface area (Å²) in [5.74, 6) is 3.44. The highest BCUT2D eigenvalue weighted by atomic mass is 32.2. The average molecular weight is 446 g/mol. The predicted octanol–water partition coefficient (Wildman–Crippen LogP) is 4.91. The molecule has 0 saturated heterocycles. The smallest absolute Gasteiger partial charge is 0.247 e. The molecule has 3 rings (SSSR count). The van der Waals surface area contributed by atoms with E-state index in [9.17, 15) is 4.39 Å². The Kier molecular flexibility index (Phi) is 9.17. The number of thioether (sulfide) groups is 1. The molecular weight excluding hydrogens is 417 g/mol. The molecule has 0 radical (unpaired) electrons. The van der Waals surface area contributed by atoms with Gasteiger partial charge >= 0.3 is 0 Å². The van der Waals surface area contributed by atoms with Crippen molar-refractivity contribution in [2.75, 3.05) is 39.6 Å². The monoisotopic (exact) mass is 445 g/mol. The molecule has 0 aliphatic carbocycles. The molecule has 8 heteroatoms. The molecule has 0 fully saturated rings. The zero-order chi connectivity index (χ0) is 21.9. The first-order chi connectivity index (χ1) is 15.1. The third-order valence-corrected chi connectivity index (χ3v) is 5.26. The van der Waals surface area contributed by atoms with Gasteiger partial charge in [-0.15, -0.1) is 22.0 Å². The quantitative estimate of drug-likeness (QED) is 0.347. The summed E-state index contributed by atoms with van der Waals surface area (Å²) in [6.07, 6.45) is 2.14. The maximum atomic E-state index is 13.1. The second-order valence-electron chi connectivity index (χ2n) is 7.24. The largest absolute Gasteiger partial charge is 0.494 e. The lowest BCUT2D eigenvalue weighted by Gasteiger charge is -2.09. The molecule has 1 aromatic heterocycles. The van der Waals surface area contributed by atoms with Crippen molar-refractivity contribution in [3.63, 3.8) is 0 Å². The van der Waals surface area contributed by atoms with Crippen molar-refractivity contribution < 1.29 is 18.3 Å². The van der Waals surface area contributed by atoms with E-state index in [4.69, 9.17) is 13.9 Å². The molecule has 0 amide bonds. The number of benzene rings is 2. The summed E-state index contributed by atoms with van der Waals surface area (Å²) in [6.45, 7) is 2.25. The zero-order valence-corrected chi connectivity index (χ0v) is 18.7. The normalized spacial score (nSPS) is 11.1. The Morgan fingerprint density at radius 3 is 2.55 bits per heavy atom. The fourth-order valence-electron chi connectivity index (χ4n) is 2.78. The summed E-state index contributed by atoms with van der Waals surface area (Å²) >= 11 is 1.62. The Labute approximate surface area is 186 Å². The van der Waals surface area contributed by atoms with Crippen molar-refractivity contribution in [2.24, 2.45) is 0 Å². The number of aromatic nitrogens is 2. The molecule has 0 unspecified atom stereocenters. The Bertz CT molecular complexity index is 918. The van der Waals surface area contributed by atoms with Crippen LogP contribution in [0.15, 0.2) is 52.9 Å². The fourth-order valence-corrected chi connectivity index (χ4v) is 3.41. The molecule has 0 aliphatic heterocycles. The SMILES string of the molecule is CN(C)CCCCOc1ccc(-c2nnc(CSCCOc3cccc(F)c3)o2)cc1. The van der Waals surface area contributed by atoms with Crippen LogP contribution in [-0.2, 0) is 5.75 Å². The number of hydrogen-bond donors (Lipinski definition) is 0. The van der Waals surface area contributed by atoms with E-state index in [1.54, 1.807) is 23.9 Å². The zero-order valence-electron chi connectivity index (χ0n) is 17.9. The average Bonchev–Trinajstić information content (AvgIpc) is 3.22. The van der Waals surface area contributed by atoms with Crippen molar-refractivity contribution in [1.29, 1.82) is 0 Å². The number of unbranched alkanes of at least 4 members (excludes halogenated alkanes) is 1.